The van der Waals surface area contributed by atoms with Crippen LogP contribution in [0.5, 0.6) is 0 Å². The molecule has 1 aliphatic rings. The third-order valence-corrected chi connectivity index (χ3v) is 5.48. The van der Waals surface area contributed by atoms with Gasteiger partial charge in [0.15, 0.2) is 5.96 Å². The third kappa shape index (κ3) is 5.30. The monoisotopic (exact) mass is 376 g/mol. The largest absolute Gasteiger partial charge is 0.379 e. The Kier molecular flexibility index (Phi) is 7.04. The topological polar surface area (TPSA) is 66.7 Å². The van der Waals surface area contributed by atoms with Gasteiger partial charge in [0, 0.05) is 51.3 Å². The normalized spacial score (nSPS) is 17.2. The summed E-state index contributed by atoms with van der Waals surface area (Å²) in [4.78, 5) is 8.23. The van der Waals surface area contributed by atoms with Gasteiger partial charge in [0.25, 0.3) is 0 Å². The Morgan fingerprint density at radius 3 is 2.88 bits per heavy atom. The van der Waals surface area contributed by atoms with E-state index in [-0.39, 0.29) is 0 Å². The molecule has 1 saturated heterocycles. The Balaban J connectivity index is 1.51. The van der Waals surface area contributed by atoms with Crippen LogP contribution in [0.25, 0.3) is 0 Å². The molecule has 0 amide bonds. The predicted octanol–water partition coefficient (Wildman–Crippen LogP) is 1.26. The van der Waals surface area contributed by atoms with Crippen molar-refractivity contribution in [2.45, 2.75) is 12.5 Å². The minimum Gasteiger partial charge on any atom is -0.379 e. The highest BCUT2D eigenvalue weighted by atomic mass is 32.1. The molecular formula is C18H28N6OS. The summed E-state index contributed by atoms with van der Waals surface area (Å²) in [5, 5.41) is 13.2. The Morgan fingerprint density at radius 1 is 1.38 bits per heavy atom. The Hall–Kier alpha value is -1.90. The minimum atomic E-state index is 0.343. The zero-order valence-corrected chi connectivity index (χ0v) is 16.3. The van der Waals surface area contributed by atoms with Crippen molar-refractivity contribution < 1.29 is 4.74 Å². The Bertz CT molecular complexity index is 678. The molecule has 1 atom stereocenters. The second-order valence-corrected chi connectivity index (χ2v) is 7.31. The first-order valence-corrected chi connectivity index (χ1v) is 9.91. The maximum atomic E-state index is 5.51. The van der Waals surface area contributed by atoms with E-state index in [0.717, 1.165) is 51.8 Å². The highest BCUT2D eigenvalue weighted by molar-refractivity contribution is 7.10. The molecule has 0 spiro atoms. The van der Waals surface area contributed by atoms with Crippen molar-refractivity contribution in [1.29, 1.82) is 0 Å². The predicted molar refractivity (Wildman–Crippen MR) is 106 cm³/mol. The molecule has 8 heteroatoms. The molecule has 1 aliphatic heterocycles. The van der Waals surface area contributed by atoms with Crippen LogP contribution in [0.2, 0.25) is 0 Å². The van der Waals surface area contributed by atoms with Crippen molar-refractivity contribution >= 4 is 17.3 Å². The lowest BCUT2D eigenvalue weighted by Crippen LogP contribution is -2.46. The summed E-state index contributed by atoms with van der Waals surface area (Å²) in [6.07, 6.45) is 4.87. The quantitative estimate of drug-likeness (QED) is 0.563. The van der Waals surface area contributed by atoms with Crippen molar-refractivity contribution in [2.24, 2.45) is 12.0 Å². The molecule has 0 bridgehead atoms. The highest BCUT2D eigenvalue weighted by Gasteiger charge is 2.23. The summed E-state index contributed by atoms with van der Waals surface area (Å²) >= 11 is 1.81. The van der Waals surface area contributed by atoms with E-state index in [0.29, 0.717) is 6.04 Å². The van der Waals surface area contributed by atoms with Gasteiger partial charge in [-0.1, -0.05) is 6.07 Å². The summed E-state index contributed by atoms with van der Waals surface area (Å²) in [7, 11) is 3.75. The van der Waals surface area contributed by atoms with Gasteiger partial charge < -0.3 is 15.4 Å². The van der Waals surface area contributed by atoms with Crippen molar-refractivity contribution in [2.75, 3.05) is 46.4 Å². The van der Waals surface area contributed by atoms with Crippen LogP contribution in [0.3, 0.4) is 0 Å². The summed E-state index contributed by atoms with van der Waals surface area (Å²) in [6.45, 7) is 5.20. The molecule has 0 aliphatic carbocycles. The molecule has 0 saturated carbocycles. The summed E-state index contributed by atoms with van der Waals surface area (Å²) in [5.74, 6) is 0.837. The molecule has 0 radical (unpaired) electrons. The van der Waals surface area contributed by atoms with Crippen LogP contribution < -0.4 is 10.6 Å². The standard InChI is InChI=1S/C18H28N6OS/c1-19-18(20-6-5-15-12-22-23(2)14-15)21-13-16(17-4-3-11-26-17)24-7-9-25-10-8-24/h3-4,11-12,14,16H,5-10,13H2,1-2H3,(H2,19,20,21). The molecule has 2 aromatic heterocycles. The lowest BCUT2D eigenvalue weighted by atomic mass is 10.2. The molecule has 1 fully saturated rings. The first-order valence-electron chi connectivity index (χ1n) is 9.03. The van der Waals surface area contributed by atoms with Crippen LogP contribution in [0.1, 0.15) is 16.5 Å². The van der Waals surface area contributed by atoms with Crippen LogP contribution >= 0.6 is 11.3 Å². The summed E-state index contributed by atoms with van der Waals surface area (Å²) in [6, 6.07) is 4.68. The van der Waals surface area contributed by atoms with Gasteiger partial charge in [-0.05, 0) is 23.4 Å². The van der Waals surface area contributed by atoms with Crippen LogP contribution in [0, 0.1) is 0 Å². The average molecular weight is 377 g/mol. The number of guanidine groups is 1. The van der Waals surface area contributed by atoms with Gasteiger partial charge in [0.05, 0.1) is 25.5 Å². The molecule has 2 aromatic rings. The first-order chi connectivity index (χ1) is 12.8. The Morgan fingerprint density at radius 2 is 2.23 bits per heavy atom. The van der Waals surface area contributed by atoms with E-state index in [9.17, 15) is 0 Å². The van der Waals surface area contributed by atoms with E-state index in [1.807, 2.05) is 42.5 Å². The van der Waals surface area contributed by atoms with Crippen LogP contribution in [0.15, 0.2) is 34.9 Å². The second kappa shape index (κ2) is 9.70. The van der Waals surface area contributed by atoms with E-state index >= 15 is 0 Å². The molecule has 26 heavy (non-hydrogen) atoms. The van der Waals surface area contributed by atoms with Crippen LogP contribution in [-0.4, -0.2) is 67.1 Å². The number of thiophene rings is 1. The van der Waals surface area contributed by atoms with Gasteiger partial charge in [-0.2, -0.15) is 5.10 Å². The maximum absolute atomic E-state index is 5.51. The minimum absolute atomic E-state index is 0.343. The molecule has 3 heterocycles. The van der Waals surface area contributed by atoms with Crippen molar-refractivity contribution in [1.82, 2.24) is 25.3 Å². The zero-order valence-electron chi connectivity index (χ0n) is 15.5. The summed E-state index contributed by atoms with van der Waals surface area (Å²) in [5.41, 5.74) is 1.22. The second-order valence-electron chi connectivity index (χ2n) is 6.33. The van der Waals surface area contributed by atoms with E-state index in [2.05, 4.69) is 43.1 Å². The average Bonchev–Trinajstić information content (AvgIpc) is 3.33. The van der Waals surface area contributed by atoms with Crippen molar-refractivity contribution in [3.8, 4) is 0 Å². The number of nitrogens with zero attached hydrogens (tertiary/aromatic N) is 4. The number of ether oxygens (including phenoxy) is 1. The number of hydrogen-bond acceptors (Lipinski definition) is 5. The third-order valence-electron chi connectivity index (χ3n) is 4.51. The number of aliphatic imine (C=N–C) groups is 1. The zero-order chi connectivity index (χ0) is 18.2. The van der Waals surface area contributed by atoms with Gasteiger partial charge in [-0.25, -0.2) is 0 Å². The number of rotatable bonds is 7. The highest BCUT2D eigenvalue weighted by Crippen LogP contribution is 2.25. The molecule has 0 aromatic carbocycles. The lowest BCUT2D eigenvalue weighted by Gasteiger charge is -2.34. The fourth-order valence-corrected chi connectivity index (χ4v) is 3.98. The van der Waals surface area contributed by atoms with E-state index in [1.165, 1.54) is 10.4 Å². The van der Waals surface area contributed by atoms with Crippen molar-refractivity contribution in [3.05, 3.63) is 40.3 Å². The number of aryl methyl sites for hydroxylation is 1. The Labute approximate surface area is 159 Å². The first kappa shape index (κ1) is 18.9. The summed E-state index contributed by atoms with van der Waals surface area (Å²) < 4.78 is 7.34. The molecule has 3 rings (SSSR count). The molecule has 142 valence electrons. The number of morpholine rings is 1. The number of aromatic nitrogens is 2. The molecule has 7 nitrogen and oxygen atoms in total. The number of hydrogen-bond donors (Lipinski definition) is 2. The van der Waals surface area contributed by atoms with Gasteiger partial charge in [0.1, 0.15) is 0 Å². The van der Waals surface area contributed by atoms with E-state index in [1.54, 1.807) is 0 Å². The van der Waals surface area contributed by atoms with Crippen molar-refractivity contribution in [3.63, 3.8) is 0 Å². The van der Waals surface area contributed by atoms with Gasteiger partial charge in [-0.15, -0.1) is 11.3 Å². The van der Waals surface area contributed by atoms with Gasteiger partial charge in [-0.3, -0.25) is 14.6 Å². The SMILES string of the molecule is CN=C(NCCc1cnn(C)c1)NCC(c1cccs1)N1CCOCC1. The number of nitrogens with one attached hydrogen (secondary N) is 2. The van der Waals surface area contributed by atoms with E-state index in [4.69, 9.17) is 4.74 Å². The maximum Gasteiger partial charge on any atom is 0.191 e. The fourth-order valence-electron chi connectivity index (χ4n) is 3.12. The fraction of sp³-hybridized carbons (Fsp3) is 0.556. The van der Waals surface area contributed by atoms with Gasteiger partial charge in [0.2, 0.25) is 0 Å². The molecule has 2 N–H and O–H groups in total. The smallest absolute Gasteiger partial charge is 0.191 e. The molecular weight excluding hydrogens is 348 g/mol. The lowest BCUT2D eigenvalue weighted by molar-refractivity contribution is 0.0177. The van der Waals surface area contributed by atoms with Crippen LogP contribution in [0.4, 0.5) is 0 Å². The van der Waals surface area contributed by atoms with E-state index < -0.39 is 0 Å². The molecule has 1 unspecified atom stereocenters. The van der Waals surface area contributed by atoms with Gasteiger partial charge >= 0.3 is 0 Å². The van der Waals surface area contributed by atoms with Crippen LogP contribution in [-0.2, 0) is 18.2 Å².